The van der Waals surface area contributed by atoms with Crippen LogP contribution in [0.1, 0.15) is 18.4 Å². The SMILES string of the molecule is Cc1ccc(NS(=O)(=O)N2CCC(CO)CC2)cc1Br. The third kappa shape index (κ3) is 3.72. The van der Waals surface area contributed by atoms with E-state index in [4.69, 9.17) is 5.11 Å². The number of halogens is 1. The summed E-state index contributed by atoms with van der Waals surface area (Å²) >= 11 is 3.39. The van der Waals surface area contributed by atoms with Gasteiger partial charge in [-0.05, 0) is 43.4 Å². The summed E-state index contributed by atoms with van der Waals surface area (Å²) in [6, 6.07) is 5.37. The highest BCUT2D eigenvalue weighted by atomic mass is 79.9. The largest absolute Gasteiger partial charge is 0.396 e. The van der Waals surface area contributed by atoms with Gasteiger partial charge in [0, 0.05) is 24.2 Å². The van der Waals surface area contributed by atoms with Gasteiger partial charge in [0.05, 0.1) is 5.69 Å². The lowest BCUT2D eigenvalue weighted by molar-refractivity contribution is 0.170. The Kier molecular flexibility index (Phi) is 5.06. The third-order valence-electron chi connectivity index (χ3n) is 3.59. The van der Waals surface area contributed by atoms with E-state index in [0.717, 1.165) is 10.0 Å². The van der Waals surface area contributed by atoms with Crippen LogP contribution in [0.3, 0.4) is 0 Å². The van der Waals surface area contributed by atoms with Crippen LogP contribution >= 0.6 is 15.9 Å². The Morgan fingerprint density at radius 1 is 1.40 bits per heavy atom. The normalized spacial score (nSPS) is 18.1. The van der Waals surface area contributed by atoms with E-state index in [2.05, 4.69) is 20.7 Å². The van der Waals surface area contributed by atoms with Crippen LogP contribution in [0.25, 0.3) is 0 Å². The molecule has 0 aromatic heterocycles. The Bertz CT molecular complexity index is 569. The number of rotatable bonds is 4. The Labute approximate surface area is 128 Å². The zero-order chi connectivity index (χ0) is 14.8. The Balaban J connectivity index is 2.05. The van der Waals surface area contributed by atoms with Crippen molar-refractivity contribution in [2.45, 2.75) is 19.8 Å². The first-order chi connectivity index (χ1) is 9.42. The highest BCUT2D eigenvalue weighted by molar-refractivity contribution is 9.10. The van der Waals surface area contributed by atoms with Gasteiger partial charge in [0.1, 0.15) is 0 Å². The molecule has 0 radical (unpaired) electrons. The van der Waals surface area contributed by atoms with Crippen LogP contribution in [-0.4, -0.2) is 37.5 Å². The number of hydrogen-bond donors (Lipinski definition) is 2. The van der Waals surface area contributed by atoms with Crippen LogP contribution in [0, 0.1) is 12.8 Å². The van der Waals surface area contributed by atoms with Crippen molar-refractivity contribution in [3.63, 3.8) is 0 Å². The second-order valence-corrected chi connectivity index (χ2v) is 7.62. The van der Waals surface area contributed by atoms with Crippen LogP contribution < -0.4 is 4.72 Å². The molecule has 1 aromatic carbocycles. The molecule has 112 valence electrons. The van der Waals surface area contributed by atoms with E-state index in [1.807, 2.05) is 13.0 Å². The molecule has 20 heavy (non-hydrogen) atoms. The molecule has 0 spiro atoms. The van der Waals surface area contributed by atoms with E-state index < -0.39 is 10.2 Å². The van der Waals surface area contributed by atoms with E-state index in [-0.39, 0.29) is 12.5 Å². The number of aliphatic hydroxyl groups excluding tert-OH is 1. The van der Waals surface area contributed by atoms with Crippen molar-refractivity contribution < 1.29 is 13.5 Å². The van der Waals surface area contributed by atoms with Crippen molar-refractivity contribution in [1.29, 1.82) is 0 Å². The summed E-state index contributed by atoms with van der Waals surface area (Å²) in [5, 5.41) is 9.08. The van der Waals surface area contributed by atoms with Gasteiger partial charge >= 0.3 is 10.2 Å². The fourth-order valence-electron chi connectivity index (χ4n) is 2.20. The number of nitrogens with zero attached hydrogens (tertiary/aromatic N) is 1. The van der Waals surface area contributed by atoms with Gasteiger partial charge in [0.15, 0.2) is 0 Å². The molecule has 0 aliphatic carbocycles. The van der Waals surface area contributed by atoms with Crippen LogP contribution in [0.5, 0.6) is 0 Å². The van der Waals surface area contributed by atoms with E-state index in [9.17, 15) is 8.42 Å². The number of nitrogens with one attached hydrogen (secondary N) is 1. The molecule has 1 aliphatic rings. The summed E-state index contributed by atoms with van der Waals surface area (Å²) in [5.41, 5.74) is 1.60. The molecule has 2 N–H and O–H groups in total. The summed E-state index contributed by atoms with van der Waals surface area (Å²) in [6.45, 7) is 2.98. The molecule has 0 unspecified atom stereocenters. The molecule has 1 heterocycles. The number of aliphatic hydroxyl groups is 1. The van der Waals surface area contributed by atoms with Gasteiger partial charge in [-0.25, -0.2) is 0 Å². The predicted molar refractivity (Wildman–Crippen MR) is 82.8 cm³/mol. The van der Waals surface area contributed by atoms with E-state index in [1.54, 1.807) is 12.1 Å². The Hall–Kier alpha value is -0.630. The summed E-state index contributed by atoms with van der Waals surface area (Å²) in [7, 11) is -3.52. The highest BCUT2D eigenvalue weighted by Crippen LogP contribution is 2.24. The predicted octanol–water partition coefficient (Wildman–Crippen LogP) is 2.12. The molecule has 2 rings (SSSR count). The molecular weight excluding hydrogens is 344 g/mol. The van der Waals surface area contributed by atoms with E-state index in [0.29, 0.717) is 31.6 Å². The third-order valence-corrected chi connectivity index (χ3v) is 5.98. The van der Waals surface area contributed by atoms with Gasteiger partial charge in [-0.2, -0.15) is 12.7 Å². The maximum absolute atomic E-state index is 12.3. The zero-order valence-electron chi connectivity index (χ0n) is 11.3. The molecule has 1 aliphatic heterocycles. The van der Waals surface area contributed by atoms with Crippen molar-refractivity contribution in [2.24, 2.45) is 5.92 Å². The standard InChI is InChI=1S/C13H19BrN2O3S/c1-10-2-3-12(8-13(10)14)15-20(18,19)16-6-4-11(9-17)5-7-16/h2-3,8,11,15,17H,4-7,9H2,1H3. The van der Waals surface area contributed by atoms with Crippen molar-refractivity contribution in [2.75, 3.05) is 24.4 Å². The van der Waals surface area contributed by atoms with Gasteiger partial charge in [-0.15, -0.1) is 0 Å². The molecule has 0 atom stereocenters. The van der Waals surface area contributed by atoms with Gasteiger partial charge in [0.25, 0.3) is 0 Å². The summed E-state index contributed by atoms with van der Waals surface area (Å²) in [4.78, 5) is 0. The van der Waals surface area contributed by atoms with Crippen LogP contribution in [0.2, 0.25) is 0 Å². The minimum absolute atomic E-state index is 0.131. The molecule has 1 fully saturated rings. The number of anilines is 1. The summed E-state index contributed by atoms with van der Waals surface area (Å²) < 4.78 is 29.5. The summed E-state index contributed by atoms with van der Waals surface area (Å²) in [5.74, 6) is 0.218. The van der Waals surface area contributed by atoms with Gasteiger partial charge < -0.3 is 5.11 Å². The quantitative estimate of drug-likeness (QED) is 0.861. The van der Waals surface area contributed by atoms with Crippen molar-refractivity contribution in [1.82, 2.24) is 4.31 Å². The molecule has 0 bridgehead atoms. The van der Waals surface area contributed by atoms with Crippen LogP contribution in [-0.2, 0) is 10.2 Å². The fourth-order valence-corrected chi connectivity index (χ4v) is 3.83. The second-order valence-electron chi connectivity index (χ2n) is 5.10. The second kappa shape index (κ2) is 6.43. The topological polar surface area (TPSA) is 69.6 Å². The maximum atomic E-state index is 12.3. The lowest BCUT2D eigenvalue weighted by atomic mass is 10.00. The Morgan fingerprint density at radius 2 is 2.05 bits per heavy atom. The van der Waals surface area contributed by atoms with E-state index in [1.165, 1.54) is 4.31 Å². The van der Waals surface area contributed by atoms with Gasteiger partial charge in [-0.3, -0.25) is 4.72 Å². The van der Waals surface area contributed by atoms with Crippen molar-refractivity contribution >= 4 is 31.8 Å². The number of aryl methyl sites for hydroxylation is 1. The smallest absolute Gasteiger partial charge is 0.301 e. The molecule has 7 heteroatoms. The van der Waals surface area contributed by atoms with Gasteiger partial charge in [0.2, 0.25) is 0 Å². The molecule has 1 saturated heterocycles. The maximum Gasteiger partial charge on any atom is 0.301 e. The first-order valence-corrected chi connectivity index (χ1v) is 8.80. The minimum atomic E-state index is -3.52. The van der Waals surface area contributed by atoms with Crippen molar-refractivity contribution in [3.8, 4) is 0 Å². The van der Waals surface area contributed by atoms with Crippen LogP contribution in [0.15, 0.2) is 22.7 Å². The average Bonchev–Trinajstić information content (AvgIpc) is 2.43. The van der Waals surface area contributed by atoms with E-state index >= 15 is 0 Å². The first kappa shape index (κ1) is 15.8. The minimum Gasteiger partial charge on any atom is -0.396 e. The molecule has 0 amide bonds. The first-order valence-electron chi connectivity index (χ1n) is 6.57. The lowest BCUT2D eigenvalue weighted by Crippen LogP contribution is -2.42. The fraction of sp³-hybridized carbons (Fsp3) is 0.538. The molecule has 0 saturated carbocycles. The monoisotopic (exact) mass is 362 g/mol. The molecular formula is C13H19BrN2O3S. The molecule has 5 nitrogen and oxygen atoms in total. The lowest BCUT2D eigenvalue weighted by Gasteiger charge is -2.30. The van der Waals surface area contributed by atoms with Crippen LogP contribution in [0.4, 0.5) is 5.69 Å². The number of piperidine rings is 1. The van der Waals surface area contributed by atoms with Crippen molar-refractivity contribution in [3.05, 3.63) is 28.2 Å². The number of hydrogen-bond acceptors (Lipinski definition) is 3. The number of benzene rings is 1. The van der Waals surface area contributed by atoms with Gasteiger partial charge in [-0.1, -0.05) is 22.0 Å². The summed E-state index contributed by atoms with van der Waals surface area (Å²) in [6.07, 6.45) is 1.41. The highest BCUT2D eigenvalue weighted by Gasteiger charge is 2.27. The Morgan fingerprint density at radius 3 is 2.60 bits per heavy atom. The average molecular weight is 363 g/mol. The zero-order valence-corrected chi connectivity index (χ0v) is 13.7. The molecule has 1 aromatic rings.